The van der Waals surface area contributed by atoms with Crippen molar-refractivity contribution in [3.8, 4) is 11.3 Å². The van der Waals surface area contributed by atoms with Crippen molar-refractivity contribution in [1.82, 2.24) is 25.3 Å². The summed E-state index contributed by atoms with van der Waals surface area (Å²) in [7, 11) is 0. The molecule has 1 saturated heterocycles. The summed E-state index contributed by atoms with van der Waals surface area (Å²) < 4.78 is 6.82. The molecule has 39 heavy (non-hydrogen) atoms. The zero-order chi connectivity index (χ0) is 28.1. The van der Waals surface area contributed by atoms with E-state index in [4.69, 9.17) is 9.62 Å². The number of aryl methyl sites for hydroxylation is 2. The van der Waals surface area contributed by atoms with Gasteiger partial charge < -0.3 is 9.84 Å². The van der Waals surface area contributed by atoms with Crippen LogP contribution in [0.5, 0.6) is 0 Å². The zero-order valence-electron chi connectivity index (χ0n) is 23.2. The average Bonchev–Trinajstić information content (AvgIpc) is 3.22. The van der Waals surface area contributed by atoms with Gasteiger partial charge in [0.05, 0.1) is 23.2 Å². The van der Waals surface area contributed by atoms with Crippen molar-refractivity contribution in [1.29, 1.82) is 0 Å². The van der Waals surface area contributed by atoms with Crippen LogP contribution in [0, 0.1) is 13.8 Å². The van der Waals surface area contributed by atoms with Crippen LogP contribution in [0.2, 0.25) is 0 Å². The highest BCUT2D eigenvalue weighted by Crippen LogP contribution is 2.37. The second-order valence-corrected chi connectivity index (χ2v) is 11.8. The number of carbonyl (C=O) groups is 1. The minimum atomic E-state index is -0.563. The molecule has 1 radical (unpaired) electrons. The van der Waals surface area contributed by atoms with E-state index >= 15 is 0 Å². The summed E-state index contributed by atoms with van der Waals surface area (Å²) in [5.74, 6) is 0.456. The molecule has 1 N–H and O–H groups in total. The van der Waals surface area contributed by atoms with Gasteiger partial charge in [-0.3, -0.25) is 9.59 Å². The Bertz CT molecular complexity index is 1560. The van der Waals surface area contributed by atoms with Crippen LogP contribution < -0.4 is 10.9 Å². The molecule has 1 aliphatic heterocycles. The van der Waals surface area contributed by atoms with E-state index in [1.54, 1.807) is 18.2 Å². The summed E-state index contributed by atoms with van der Waals surface area (Å²) in [6.45, 7) is 11.6. The van der Waals surface area contributed by atoms with Crippen molar-refractivity contribution >= 4 is 16.7 Å². The van der Waals surface area contributed by atoms with Crippen LogP contribution in [0.4, 0.5) is 0 Å². The van der Waals surface area contributed by atoms with Gasteiger partial charge in [-0.15, -0.1) is 10.3 Å². The summed E-state index contributed by atoms with van der Waals surface area (Å²) in [4.78, 5) is 26.4. The van der Waals surface area contributed by atoms with Gasteiger partial charge in [0.25, 0.3) is 11.5 Å². The number of piperidine rings is 1. The van der Waals surface area contributed by atoms with Gasteiger partial charge in [-0.05, 0) is 78.1 Å². The van der Waals surface area contributed by atoms with Gasteiger partial charge in [-0.25, -0.2) is 4.68 Å². The average molecular weight is 529 g/mol. The Morgan fingerprint density at radius 2 is 1.62 bits per heavy atom. The van der Waals surface area contributed by atoms with Crippen molar-refractivity contribution in [3.63, 3.8) is 0 Å². The van der Waals surface area contributed by atoms with E-state index in [1.165, 1.54) is 4.68 Å². The molecule has 9 nitrogen and oxygen atoms in total. The molecule has 2 aromatic carbocycles. The van der Waals surface area contributed by atoms with Gasteiger partial charge >= 0.3 is 0 Å². The number of benzene rings is 2. The van der Waals surface area contributed by atoms with Crippen LogP contribution in [-0.4, -0.2) is 43.0 Å². The fourth-order valence-corrected chi connectivity index (χ4v) is 5.92. The van der Waals surface area contributed by atoms with Crippen LogP contribution in [0.3, 0.4) is 0 Å². The first kappa shape index (κ1) is 26.8. The molecular formula is C30H34N5O4. The van der Waals surface area contributed by atoms with Gasteiger partial charge in [0, 0.05) is 28.1 Å². The van der Waals surface area contributed by atoms with Gasteiger partial charge in [0.15, 0.2) is 0 Å². The minimum Gasteiger partial charge on any atom is -0.361 e. The highest BCUT2D eigenvalue weighted by molar-refractivity contribution is 5.95. The van der Waals surface area contributed by atoms with Crippen LogP contribution in [0.25, 0.3) is 22.0 Å². The zero-order valence-corrected chi connectivity index (χ0v) is 23.2. The number of hydroxylamine groups is 2. The smallest absolute Gasteiger partial charge is 0.274 e. The molecule has 2 aromatic heterocycles. The molecule has 0 saturated carbocycles. The van der Waals surface area contributed by atoms with E-state index in [2.05, 4.69) is 10.5 Å². The second kappa shape index (κ2) is 9.73. The highest BCUT2D eigenvalue weighted by atomic mass is 16.5. The summed E-state index contributed by atoms with van der Waals surface area (Å²) in [6, 6.07) is 14.5. The number of nitrogens with one attached hydrogen (secondary N) is 1. The maximum atomic E-state index is 13.3. The number of fused-ring (bicyclic) bond motifs is 1. The van der Waals surface area contributed by atoms with E-state index < -0.39 is 11.1 Å². The predicted octanol–water partition coefficient (Wildman–Crippen LogP) is 4.81. The number of amides is 1. The molecule has 0 unspecified atom stereocenters. The normalized spacial score (nSPS) is 17.4. The Morgan fingerprint density at radius 3 is 2.21 bits per heavy atom. The lowest BCUT2D eigenvalue weighted by atomic mass is 9.79. The SMILES string of the molecule is Cc1noc(C)c1-c1nn(Cc2ccc(C(=O)NC3CC(C)(C)N([O])C(C)(C)C3)cc2)c(=O)c2ccccc12. The Hall–Kier alpha value is -3.82. The van der Waals surface area contributed by atoms with E-state index in [9.17, 15) is 14.8 Å². The maximum absolute atomic E-state index is 13.3. The van der Waals surface area contributed by atoms with Gasteiger partial charge in [0.1, 0.15) is 11.5 Å². The Labute approximate surface area is 227 Å². The minimum absolute atomic E-state index is 0.101. The molecule has 1 aliphatic rings. The quantitative estimate of drug-likeness (QED) is 0.398. The van der Waals surface area contributed by atoms with Crippen LogP contribution in [0.15, 0.2) is 57.8 Å². The first-order valence-electron chi connectivity index (χ1n) is 13.2. The first-order chi connectivity index (χ1) is 18.4. The Morgan fingerprint density at radius 1 is 1.00 bits per heavy atom. The Kier molecular flexibility index (Phi) is 6.68. The van der Waals surface area contributed by atoms with Gasteiger partial charge in [-0.2, -0.15) is 5.10 Å². The maximum Gasteiger partial charge on any atom is 0.274 e. The number of carbonyl (C=O) groups excluding carboxylic acids is 1. The summed E-state index contributed by atoms with van der Waals surface area (Å²) in [6.07, 6.45) is 1.15. The Balaban J connectivity index is 1.39. The summed E-state index contributed by atoms with van der Waals surface area (Å²) in [5.41, 5.74) is 2.17. The topological polar surface area (TPSA) is 113 Å². The molecular weight excluding hydrogens is 494 g/mol. The fraction of sp³-hybridized carbons (Fsp3) is 0.400. The molecule has 0 spiro atoms. The predicted molar refractivity (Wildman–Crippen MR) is 148 cm³/mol. The number of aromatic nitrogens is 3. The third-order valence-corrected chi connectivity index (χ3v) is 7.61. The number of nitrogens with zero attached hydrogens (tertiary/aromatic N) is 4. The lowest BCUT2D eigenvalue weighted by molar-refractivity contribution is -0.289. The van der Waals surface area contributed by atoms with Crippen LogP contribution in [0.1, 0.15) is 67.9 Å². The summed E-state index contributed by atoms with van der Waals surface area (Å²) in [5, 5.41) is 27.0. The molecule has 5 rings (SSSR count). The lowest BCUT2D eigenvalue weighted by Crippen LogP contribution is -2.62. The van der Waals surface area contributed by atoms with Crippen molar-refractivity contribution < 1.29 is 14.5 Å². The van der Waals surface area contributed by atoms with Crippen molar-refractivity contribution in [3.05, 3.63) is 81.5 Å². The van der Waals surface area contributed by atoms with Gasteiger partial charge in [-0.1, -0.05) is 35.5 Å². The first-order valence-corrected chi connectivity index (χ1v) is 13.2. The van der Waals surface area contributed by atoms with E-state index in [-0.39, 0.29) is 24.1 Å². The molecule has 3 heterocycles. The van der Waals surface area contributed by atoms with Crippen molar-refractivity contribution in [2.75, 3.05) is 0 Å². The van der Waals surface area contributed by atoms with Crippen LogP contribution in [-0.2, 0) is 11.8 Å². The number of hydrogen-bond donors (Lipinski definition) is 1. The summed E-state index contributed by atoms with van der Waals surface area (Å²) >= 11 is 0. The second-order valence-electron chi connectivity index (χ2n) is 11.8. The molecule has 0 atom stereocenters. The molecule has 1 fully saturated rings. The standard InChI is InChI=1S/C30H34N5O4/c1-18-25(19(2)39-33-18)26-23-9-7-8-10-24(23)28(37)34(32-26)17-20-11-13-21(14-12-20)27(36)31-22-15-29(3,4)35(38)30(5,6)16-22/h7-14,22H,15-17H2,1-6H3,(H,31,36). The third kappa shape index (κ3) is 4.99. The number of rotatable bonds is 5. The molecule has 4 aromatic rings. The third-order valence-electron chi connectivity index (χ3n) is 7.61. The highest BCUT2D eigenvalue weighted by Gasteiger charge is 2.46. The van der Waals surface area contributed by atoms with Gasteiger partial charge in [0.2, 0.25) is 0 Å². The molecule has 9 heteroatoms. The fourth-order valence-electron chi connectivity index (χ4n) is 5.92. The van der Waals surface area contributed by atoms with Crippen LogP contribution >= 0.6 is 0 Å². The molecule has 0 aliphatic carbocycles. The van der Waals surface area contributed by atoms with Crippen molar-refractivity contribution in [2.24, 2.45) is 0 Å². The van der Waals surface area contributed by atoms with E-state index in [1.807, 2.05) is 71.9 Å². The van der Waals surface area contributed by atoms with Crippen molar-refractivity contribution in [2.45, 2.75) is 78.0 Å². The van der Waals surface area contributed by atoms with E-state index in [0.717, 1.165) is 21.6 Å². The number of hydrogen-bond acceptors (Lipinski definition) is 6. The molecule has 203 valence electrons. The molecule has 1 amide bonds. The largest absolute Gasteiger partial charge is 0.361 e. The molecule has 0 bridgehead atoms. The van der Waals surface area contributed by atoms with E-state index in [0.29, 0.717) is 40.9 Å². The monoisotopic (exact) mass is 528 g/mol. The lowest BCUT2D eigenvalue weighted by Gasteiger charge is -2.50.